The van der Waals surface area contributed by atoms with Gasteiger partial charge in [-0.15, -0.1) is 0 Å². The number of nitrogens with zero attached hydrogens (tertiary/aromatic N) is 1. The standard InChI is InChI=1S/C16H24F2N2/c1-2-6-20(11-12-3-4-12)7-5-16(19)13-8-14(17)10-15(18)9-13/h8-10,12,16H,2-7,11,19H2,1H3. The minimum atomic E-state index is -0.557. The van der Waals surface area contributed by atoms with Crippen LogP contribution in [0, 0.1) is 17.6 Å². The molecule has 4 heteroatoms. The third-order valence-electron chi connectivity index (χ3n) is 3.82. The highest BCUT2D eigenvalue weighted by atomic mass is 19.1. The summed E-state index contributed by atoms with van der Waals surface area (Å²) in [6.07, 6.45) is 4.52. The highest BCUT2D eigenvalue weighted by molar-refractivity contribution is 5.21. The van der Waals surface area contributed by atoms with Crippen LogP contribution in [-0.2, 0) is 0 Å². The van der Waals surface area contributed by atoms with Crippen LogP contribution in [0.5, 0.6) is 0 Å². The quantitative estimate of drug-likeness (QED) is 0.791. The second-order valence-corrected chi connectivity index (χ2v) is 5.84. The maximum Gasteiger partial charge on any atom is 0.126 e. The van der Waals surface area contributed by atoms with Gasteiger partial charge in [-0.1, -0.05) is 6.92 Å². The van der Waals surface area contributed by atoms with E-state index in [1.807, 2.05) is 0 Å². The van der Waals surface area contributed by atoms with Crippen molar-refractivity contribution >= 4 is 0 Å². The zero-order valence-electron chi connectivity index (χ0n) is 12.1. The van der Waals surface area contributed by atoms with Gasteiger partial charge in [0.05, 0.1) is 0 Å². The van der Waals surface area contributed by atoms with E-state index in [-0.39, 0.29) is 6.04 Å². The van der Waals surface area contributed by atoms with Gasteiger partial charge in [-0.05, 0) is 62.4 Å². The van der Waals surface area contributed by atoms with Crippen molar-refractivity contribution in [3.8, 4) is 0 Å². The molecule has 0 amide bonds. The van der Waals surface area contributed by atoms with Crippen molar-refractivity contribution in [2.24, 2.45) is 11.7 Å². The van der Waals surface area contributed by atoms with E-state index >= 15 is 0 Å². The molecule has 0 radical (unpaired) electrons. The summed E-state index contributed by atoms with van der Waals surface area (Å²) in [5, 5.41) is 0. The molecule has 2 nitrogen and oxygen atoms in total. The maximum atomic E-state index is 13.2. The molecule has 0 aromatic heterocycles. The minimum Gasteiger partial charge on any atom is -0.324 e. The summed E-state index contributed by atoms with van der Waals surface area (Å²) in [5.41, 5.74) is 6.61. The van der Waals surface area contributed by atoms with Gasteiger partial charge in [0.15, 0.2) is 0 Å². The summed E-state index contributed by atoms with van der Waals surface area (Å²) in [7, 11) is 0. The summed E-state index contributed by atoms with van der Waals surface area (Å²) in [6.45, 7) is 5.27. The van der Waals surface area contributed by atoms with E-state index in [1.54, 1.807) is 0 Å². The average molecular weight is 282 g/mol. The Morgan fingerprint density at radius 1 is 1.20 bits per heavy atom. The molecule has 1 aromatic rings. The fourth-order valence-corrected chi connectivity index (χ4v) is 2.55. The van der Waals surface area contributed by atoms with Crippen LogP contribution in [0.15, 0.2) is 18.2 Å². The molecule has 0 spiro atoms. The smallest absolute Gasteiger partial charge is 0.126 e. The number of halogens is 2. The van der Waals surface area contributed by atoms with Gasteiger partial charge >= 0.3 is 0 Å². The zero-order chi connectivity index (χ0) is 14.5. The Kier molecular flexibility index (Phi) is 5.49. The van der Waals surface area contributed by atoms with E-state index < -0.39 is 11.6 Å². The lowest BCUT2D eigenvalue weighted by atomic mass is 10.0. The molecule has 0 aliphatic heterocycles. The second kappa shape index (κ2) is 7.14. The molecule has 1 aliphatic rings. The molecule has 2 rings (SSSR count). The first kappa shape index (κ1) is 15.4. The largest absolute Gasteiger partial charge is 0.324 e. The highest BCUT2D eigenvalue weighted by Crippen LogP contribution is 2.30. The van der Waals surface area contributed by atoms with Crippen molar-refractivity contribution in [1.29, 1.82) is 0 Å². The van der Waals surface area contributed by atoms with Gasteiger partial charge in [-0.25, -0.2) is 8.78 Å². The molecular weight excluding hydrogens is 258 g/mol. The Hall–Kier alpha value is -1.00. The van der Waals surface area contributed by atoms with Crippen LogP contribution in [-0.4, -0.2) is 24.5 Å². The third-order valence-corrected chi connectivity index (χ3v) is 3.82. The summed E-state index contributed by atoms with van der Waals surface area (Å²) >= 11 is 0. The van der Waals surface area contributed by atoms with Crippen LogP contribution in [0.25, 0.3) is 0 Å². The number of hydrogen-bond acceptors (Lipinski definition) is 2. The number of hydrogen-bond donors (Lipinski definition) is 1. The molecule has 1 aromatic carbocycles. The predicted molar refractivity (Wildman–Crippen MR) is 77.4 cm³/mol. The molecule has 1 atom stereocenters. The van der Waals surface area contributed by atoms with Crippen LogP contribution in [0.1, 0.15) is 44.2 Å². The van der Waals surface area contributed by atoms with Crippen LogP contribution in [0.3, 0.4) is 0 Å². The van der Waals surface area contributed by atoms with Crippen LogP contribution < -0.4 is 5.73 Å². The topological polar surface area (TPSA) is 29.3 Å². The van der Waals surface area contributed by atoms with Crippen LogP contribution >= 0.6 is 0 Å². The lowest BCUT2D eigenvalue weighted by Crippen LogP contribution is -2.30. The van der Waals surface area contributed by atoms with E-state index in [4.69, 9.17) is 5.73 Å². The van der Waals surface area contributed by atoms with Crippen molar-refractivity contribution in [2.45, 2.75) is 38.6 Å². The summed E-state index contributed by atoms with van der Waals surface area (Å²) in [5.74, 6) is -0.262. The fraction of sp³-hybridized carbons (Fsp3) is 0.625. The normalized spacial score (nSPS) is 16.6. The number of nitrogens with two attached hydrogens (primary N) is 1. The molecule has 0 heterocycles. The van der Waals surface area contributed by atoms with Crippen LogP contribution in [0.2, 0.25) is 0 Å². The molecule has 2 N–H and O–H groups in total. The Bertz CT molecular complexity index is 412. The maximum absolute atomic E-state index is 13.2. The monoisotopic (exact) mass is 282 g/mol. The number of benzene rings is 1. The Morgan fingerprint density at radius 2 is 1.85 bits per heavy atom. The van der Waals surface area contributed by atoms with E-state index in [1.165, 1.54) is 25.0 Å². The second-order valence-electron chi connectivity index (χ2n) is 5.84. The summed E-state index contributed by atoms with van der Waals surface area (Å²) in [4.78, 5) is 2.42. The Morgan fingerprint density at radius 3 is 2.40 bits per heavy atom. The van der Waals surface area contributed by atoms with Crippen molar-refractivity contribution in [1.82, 2.24) is 4.90 Å². The molecule has 0 bridgehead atoms. The predicted octanol–water partition coefficient (Wildman–Crippen LogP) is 3.48. The van der Waals surface area contributed by atoms with Crippen molar-refractivity contribution in [2.75, 3.05) is 19.6 Å². The van der Waals surface area contributed by atoms with Gasteiger partial charge in [-0.3, -0.25) is 0 Å². The molecule has 0 saturated heterocycles. The molecule has 1 fully saturated rings. The molecule has 1 aliphatic carbocycles. The van der Waals surface area contributed by atoms with Crippen molar-refractivity contribution < 1.29 is 8.78 Å². The minimum absolute atomic E-state index is 0.307. The molecule has 20 heavy (non-hydrogen) atoms. The summed E-state index contributed by atoms with van der Waals surface area (Å²) in [6, 6.07) is 3.24. The lowest BCUT2D eigenvalue weighted by Gasteiger charge is -2.23. The van der Waals surface area contributed by atoms with Gasteiger partial charge in [0.25, 0.3) is 0 Å². The first-order valence-corrected chi connectivity index (χ1v) is 7.52. The van der Waals surface area contributed by atoms with Crippen molar-refractivity contribution in [3.63, 3.8) is 0 Å². The van der Waals surface area contributed by atoms with Gasteiger partial charge in [-0.2, -0.15) is 0 Å². The first-order chi connectivity index (χ1) is 9.58. The SMILES string of the molecule is CCCN(CCC(N)c1cc(F)cc(F)c1)CC1CC1. The molecule has 1 unspecified atom stereocenters. The van der Waals surface area contributed by atoms with Crippen LogP contribution in [0.4, 0.5) is 8.78 Å². The average Bonchev–Trinajstić information content (AvgIpc) is 3.18. The fourth-order valence-electron chi connectivity index (χ4n) is 2.55. The van der Waals surface area contributed by atoms with Gasteiger partial charge in [0, 0.05) is 18.7 Å². The summed E-state index contributed by atoms with van der Waals surface area (Å²) < 4.78 is 26.4. The van der Waals surface area contributed by atoms with Gasteiger partial charge < -0.3 is 10.6 Å². The third kappa shape index (κ3) is 4.84. The van der Waals surface area contributed by atoms with E-state index in [0.717, 1.165) is 44.5 Å². The molecule has 1 saturated carbocycles. The zero-order valence-corrected chi connectivity index (χ0v) is 12.1. The van der Waals surface area contributed by atoms with E-state index in [2.05, 4.69) is 11.8 Å². The van der Waals surface area contributed by atoms with E-state index in [0.29, 0.717) is 5.56 Å². The van der Waals surface area contributed by atoms with Crippen molar-refractivity contribution in [3.05, 3.63) is 35.4 Å². The molecule has 112 valence electrons. The Labute approximate surface area is 120 Å². The lowest BCUT2D eigenvalue weighted by molar-refractivity contribution is 0.253. The van der Waals surface area contributed by atoms with E-state index in [9.17, 15) is 8.78 Å². The van der Waals surface area contributed by atoms with Gasteiger partial charge in [0.2, 0.25) is 0 Å². The Balaban J connectivity index is 1.86. The molecular formula is C16H24F2N2. The number of rotatable bonds is 8. The highest BCUT2D eigenvalue weighted by Gasteiger charge is 2.24. The van der Waals surface area contributed by atoms with Gasteiger partial charge in [0.1, 0.15) is 11.6 Å². The first-order valence-electron chi connectivity index (χ1n) is 7.52.